The van der Waals surface area contributed by atoms with Crippen LogP contribution in [0.4, 0.5) is 4.79 Å². The summed E-state index contributed by atoms with van der Waals surface area (Å²) >= 11 is 0. The first-order chi connectivity index (χ1) is 13.6. The van der Waals surface area contributed by atoms with Crippen LogP contribution >= 0.6 is 0 Å². The van der Waals surface area contributed by atoms with Gasteiger partial charge >= 0.3 is 11.9 Å². The van der Waals surface area contributed by atoms with E-state index in [1.54, 1.807) is 10.7 Å². The van der Waals surface area contributed by atoms with Crippen molar-refractivity contribution in [2.45, 2.75) is 26.8 Å². The number of hydrogen-bond acceptors (Lipinski definition) is 5. The quantitative estimate of drug-likeness (QED) is 0.748. The minimum atomic E-state index is -0.464. The summed E-state index contributed by atoms with van der Waals surface area (Å²) < 4.78 is 6.95. The number of nitrogens with zero attached hydrogens (tertiary/aromatic N) is 4. The Balaban J connectivity index is 1.68. The molecule has 0 spiro atoms. The number of hydrogen-bond donors (Lipinski definition) is 0. The van der Waals surface area contributed by atoms with Crippen LogP contribution in [0.5, 0.6) is 0 Å². The average molecular weight is 377 g/mol. The van der Waals surface area contributed by atoms with Gasteiger partial charge in [0.05, 0.1) is 6.54 Å². The van der Waals surface area contributed by atoms with Gasteiger partial charge in [0.1, 0.15) is 11.6 Å². The summed E-state index contributed by atoms with van der Waals surface area (Å²) in [5.41, 5.74) is 2.59. The SMILES string of the molecule is CCCN1C(=O)C2C=CC=CC2=[N+](Cc2nc(-c3cccc(C)c3)no2)C1=O. The van der Waals surface area contributed by atoms with Gasteiger partial charge in [0.15, 0.2) is 6.54 Å². The average Bonchev–Trinajstić information content (AvgIpc) is 3.17. The van der Waals surface area contributed by atoms with Gasteiger partial charge in [-0.05, 0) is 25.5 Å². The fourth-order valence-corrected chi connectivity index (χ4v) is 3.46. The molecule has 1 atom stereocenters. The van der Waals surface area contributed by atoms with Crippen molar-refractivity contribution in [3.63, 3.8) is 0 Å². The second-order valence-electron chi connectivity index (χ2n) is 6.89. The number of imide groups is 1. The number of fused-ring (bicyclic) bond motifs is 1. The number of aryl methyl sites for hydroxylation is 1. The minimum Gasteiger partial charge on any atom is -0.335 e. The molecule has 2 aliphatic rings. The Morgan fingerprint density at radius 2 is 2.11 bits per heavy atom. The van der Waals surface area contributed by atoms with Gasteiger partial charge in [-0.1, -0.05) is 54.1 Å². The number of aromatic nitrogens is 2. The Morgan fingerprint density at radius 1 is 1.25 bits per heavy atom. The van der Waals surface area contributed by atoms with Crippen molar-refractivity contribution in [3.8, 4) is 11.4 Å². The van der Waals surface area contributed by atoms with Crippen molar-refractivity contribution >= 4 is 17.6 Å². The maximum Gasteiger partial charge on any atom is 0.501 e. The number of carbonyl (C=O) groups excluding carboxylic acids is 2. The summed E-state index contributed by atoms with van der Waals surface area (Å²) in [4.78, 5) is 31.4. The van der Waals surface area contributed by atoms with E-state index < -0.39 is 5.92 Å². The summed E-state index contributed by atoms with van der Waals surface area (Å²) in [6.07, 6.45) is 7.95. The van der Waals surface area contributed by atoms with Crippen LogP contribution in [-0.2, 0) is 11.3 Å². The van der Waals surface area contributed by atoms with E-state index in [1.807, 2.05) is 56.3 Å². The molecule has 1 unspecified atom stereocenters. The molecule has 4 rings (SSSR count). The first kappa shape index (κ1) is 18.0. The van der Waals surface area contributed by atoms with Crippen molar-refractivity contribution in [1.82, 2.24) is 15.0 Å². The van der Waals surface area contributed by atoms with E-state index in [9.17, 15) is 9.59 Å². The van der Waals surface area contributed by atoms with E-state index in [2.05, 4.69) is 10.1 Å². The Morgan fingerprint density at radius 3 is 2.89 bits per heavy atom. The lowest BCUT2D eigenvalue weighted by atomic mass is 9.94. The number of carbonyl (C=O) groups is 2. The number of amides is 3. The zero-order valence-electron chi connectivity index (χ0n) is 15.8. The molecular formula is C21H21N4O3+. The third kappa shape index (κ3) is 3.19. The van der Waals surface area contributed by atoms with Crippen LogP contribution in [0, 0.1) is 12.8 Å². The number of allylic oxidation sites excluding steroid dienone is 3. The van der Waals surface area contributed by atoms with E-state index in [4.69, 9.17) is 4.52 Å². The largest absolute Gasteiger partial charge is 0.501 e. The highest BCUT2D eigenvalue weighted by Gasteiger charge is 2.46. The lowest BCUT2D eigenvalue weighted by Gasteiger charge is -2.26. The molecule has 2 heterocycles. The fraction of sp³-hybridized carbons (Fsp3) is 0.286. The minimum absolute atomic E-state index is 0.120. The van der Waals surface area contributed by atoms with Crippen molar-refractivity contribution in [1.29, 1.82) is 0 Å². The lowest BCUT2D eigenvalue weighted by Crippen LogP contribution is -2.54. The van der Waals surface area contributed by atoms with Gasteiger partial charge in [0.25, 0.3) is 5.89 Å². The van der Waals surface area contributed by atoms with Gasteiger partial charge < -0.3 is 4.52 Å². The summed E-state index contributed by atoms with van der Waals surface area (Å²) in [7, 11) is 0. The zero-order valence-corrected chi connectivity index (χ0v) is 15.8. The zero-order chi connectivity index (χ0) is 19.7. The Labute approximate surface area is 162 Å². The second kappa shape index (κ2) is 7.34. The van der Waals surface area contributed by atoms with E-state index in [1.165, 1.54) is 4.90 Å². The molecule has 0 N–H and O–H groups in total. The first-order valence-corrected chi connectivity index (χ1v) is 9.32. The standard InChI is InChI=1S/C21H21N4O3/c1-3-11-24-20(26)16-9-4-5-10-17(16)25(21(24)27)13-18-22-19(23-28-18)15-8-6-7-14(2)12-15/h4-10,12,16H,3,11,13H2,1-2H3/q+1. The van der Waals surface area contributed by atoms with Crippen molar-refractivity contribution in [2.24, 2.45) is 5.92 Å². The molecule has 1 aromatic heterocycles. The lowest BCUT2D eigenvalue weighted by molar-refractivity contribution is -0.460. The highest BCUT2D eigenvalue weighted by Crippen LogP contribution is 2.22. The smallest absolute Gasteiger partial charge is 0.335 e. The van der Waals surface area contributed by atoms with Gasteiger partial charge in [-0.25, -0.2) is 4.79 Å². The molecule has 28 heavy (non-hydrogen) atoms. The summed E-state index contributed by atoms with van der Waals surface area (Å²) in [5.74, 6) is 0.147. The molecule has 142 valence electrons. The predicted molar refractivity (Wildman–Crippen MR) is 103 cm³/mol. The molecule has 1 aliphatic heterocycles. The topological polar surface area (TPSA) is 79.3 Å². The molecule has 1 aromatic carbocycles. The van der Waals surface area contributed by atoms with Crippen molar-refractivity contribution in [2.75, 3.05) is 6.54 Å². The summed E-state index contributed by atoms with van der Waals surface area (Å²) in [5, 5.41) is 4.05. The third-order valence-corrected chi connectivity index (χ3v) is 4.79. The maximum absolute atomic E-state index is 13.0. The van der Waals surface area contributed by atoms with E-state index in [0.717, 1.165) is 11.1 Å². The van der Waals surface area contributed by atoms with Gasteiger partial charge in [-0.2, -0.15) is 19.3 Å². The Bertz CT molecular complexity index is 1030. The Hall–Kier alpha value is -3.35. The summed E-state index contributed by atoms with van der Waals surface area (Å²) in [6.45, 7) is 4.44. The highest BCUT2D eigenvalue weighted by molar-refractivity contribution is 6.16. The van der Waals surface area contributed by atoms with Gasteiger partial charge in [-0.15, -0.1) is 0 Å². The number of urea groups is 1. The Kier molecular flexibility index (Phi) is 4.73. The second-order valence-corrected chi connectivity index (χ2v) is 6.89. The molecule has 0 saturated carbocycles. The van der Waals surface area contributed by atoms with E-state index in [0.29, 0.717) is 30.4 Å². The molecule has 7 nitrogen and oxygen atoms in total. The molecule has 7 heteroatoms. The maximum atomic E-state index is 13.0. The van der Waals surface area contributed by atoms with Crippen molar-refractivity contribution in [3.05, 3.63) is 60.0 Å². The van der Waals surface area contributed by atoms with Crippen LogP contribution in [0.3, 0.4) is 0 Å². The van der Waals surface area contributed by atoms with Crippen LogP contribution in [0.15, 0.2) is 53.1 Å². The number of rotatable bonds is 5. The van der Waals surface area contributed by atoms with Gasteiger partial charge in [-0.3, -0.25) is 0 Å². The van der Waals surface area contributed by atoms with Crippen LogP contribution in [0.1, 0.15) is 24.8 Å². The van der Waals surface area contributed by atoms with Crippen LogP contribution in [-0.4, -0.2) is 43.8 Å². The van der Waals surface area contributed by atoms with E-state index in [-0.39, 0.29) is 18.5 Å². The monoisotopic (exact) mass is 377 g/mol. The molecule has 1 aliphatic carbocycles. The summed E-state index contributed by atoms with van der Waals surface area (Å²) in [6, 6.07) is 7.46. The van der Waals surface area contributed by atoms with Crippen LogP contribution < -0.4 is 0 Å². The molecule has 0 fully saturated rings. The van der Waals surface area contributed by atoms with E-state index >= 15 is 0 Å². The third-order valence-electron chi connectivity index (χ3n) is 4.79. The number of benzene rings is 1. The normalized spacial score (nSPS) is 18.8. The van der Waals surface area contributed by atoms with Crippen molar-refractivity contribution < 1.29 is 18.7 Å². The van der Waals surface area contributed by atoms with Crippen LogP contribution in [0.25, 0.3) is 11.4 Å². The van der Waals surface area contributed by atoms with Crippen LogP contribution in [0.2, 0.25) is 0 Å². The molecular weight excluding hydrogens is 356 g/mol. The molecule has 2 aromatic rings. The molecule has 0 radical (unpaired) electrons. The molecule has 0 saturated heterocycles. The highest BCUT2D eigenvalue weighted by atomic mass is 16.5. The first-order valence-electron chi connectivity index (χ1n) is 9.32. The molecule has 3 amide bonds. The fourth-order valence-electron chi connectivity index (χ4n) is 3.46. The predicted octanol–water partition coefficient (Wildman–Crippen LogP) is 3.11. The van der Waals surface area contributed by atoms with Gasteiger partial charge in [0.2, 0.25) is 5.82 Å². The molecule has 0 bridgehead atoms. The van der Waals surface area contributed by atoms with Gasteiger partial charge in [0, 0.05) is 5.56 Å².